The van der Waals surface area contributed by atoms with Crippen molar-refractivity contribution in [1.29, 1.82) is 0 Å². The van der Waals surface area contributed by atoms with Crippen LogP contribution in [0.2, 0.25) is 0 Å². The third kappa shape index (κ3) is 2.52. The number of nitrogens with one attached hydrogen (secondary N) is 1. The predicted octanol–water partition coefficient (Wildman–Crippen LogP) is 1.14. The van der Waals surface area contributed by atoms with Gasteiger partial charge < -0.3 is 10.2 Å². The van der Waals surface area contributed by atoms with Gasteiger partial charge in [0.1, 0.15) is 11.7 Å². The van der Waals surface area contributed by atoms with E-state index < -0.39 is 17.9 Å². The molecule has 5 nitrogen and oxygen atoms in total. The van der Waals surface area contributed by atoms with Crippen molar-refractivity contribution in [2.24, 2.45) is 0 Å². The molecule has 0 spiro atoms. The van der Waals surface area contributed by atoms with Crippen LogP contribution in [-0.4, -0.2) is 40.4 Å². The van der Waals surface area contributed by atoms with Crippen molar-refractivity contribution in [2.45, 2.75) is 18.6 Å². The van der Waals surface area contributed by atoms with Crippen molar-refractivity contribution < 1.29 is 18.0 Å². The molecule has 0 aliphatic carbocycles. The van der Waals surface area contributed by atoms with Gasteiger partial charge in [0.2, 0.25) is 11.9 Å². The highest BCUT2D eigenvalue weighted by Crippen LogP contribution is 2.27. The van der Waals surface area contributed by atoms with E-state index in [2.05, 4.69) is 15.3 Å². The lowest BCUT2D eigenvalue weighted by Crippen LogP contribution is -2.31. The Hall–Kier alpha value is -1.86. The summed E-state index contributed by atoms with van der Waals surface area (Å²) in [6.45, 7) is 0.565. The fourth-order valence-electron chi connectivity index (χ4n) is 1.70. The third-order valence-corrected chi connectivity index (χ3v) is 2.68. The van der Waals surface area contributed by atoms with Gasteiger partial charge in [0.15, 0.2) is 0 Å². The minimum Gasteiger partial charge on any atom is -0.344 e. The molecule has 0 radical (unpaired) electrons. The Kier molecular flexibility index (Phi) is 3.10. The first-order chi connectivity index (χ1) is 8.38. The minimum atomic E-state index is -4.52. The van der Waals surface area contributed by atoms with Crippen molar-refractivity contribution in [1.82, 2.24) is 14.9 Å². The molecule has 1 amide bonds. The summed E-state index contributed by atoms with van der Waals surface area (Å²) in [6, 6.07) is 0.229. The van der Waals surface area contributed by atoms with Crippen molar-refractivity contribution >= 4 is 11.9 Å². The molecule has 2 rings (SSSR count). The van der Waals surface area contributed by atoms with Crippen LogP contribution in [0.25, 0.3) is 0 Å². The second-order valence-electron chi connectivity index (χ2n) is 4.01. The van der Waals surface area contributed by atoms with Crippen molar-refractivity contribution in [3.05, 3.63) is 18.0 Å². The molecule has 1 fully saturated rings. The molecule has 0 bridgehead atoms. The zero-order chi connectivity index (χ0) is 13.3. The zero-order valence-corrected chi connectivity index (χ0v) is 9.53. The number of halogens is 3. The van der Waals surface area contributed by atoms with E-state index in [1.807, 2.05) is 0 Å². The number of anilines is 1. The molecule has 8 heteroatoms. The zero-order valence-electron chi connectivity index (χ0n) is 9.53. The second-order valence-corrected chi connectivity index (χ2v) is 4.01. The number of carbonyl (C=O) groups excluding carboxylic acids is 1. The number of likely N-dealkylation sites (tertiary alicyclic amines) is 1. The van der Waals surface area contributed by atoms with Crippen LogP contribution in [0.5, 0.6) is 0 Å². The predicted molar refractivity (Wildman–Crippen MR) is 56.7 cm³/mol. The first kappa shape index (κ1) is 12.6. The normalized spacial score (nSPS) is 20.3. The van der Waals surface area contributed by atoms with Crippen LogP contribution in [0.3, 0.4) is 0 Å². The van der Waals surface area contributed by atoms with Gasteiger partial charge >= 0.3 is 6.18 Å². The molecule has 18 heavy (non-hydrogen) atoms. The Labute approximate surface area is 101 Å². The monoisotopic (exact) mass is 260 g/mol. The lowest BCUT2D eigenvalue weighted by Gasteiger charge is -2.13. The van der Waals surface area contributed by atoms with Gasteiger partial charge in [-0.05, 0) is 12.5 Å². The van der Waals surface area contributed by atoms with E-state index in [4.69, 9.17) is 0 Å². The van der Waals surface area contributed by atoms with Gasteiger partial charge in [-0.3, -0.25) is 4.79 Å². The van der Waals surface area contributed by atoms with Crippen LogP contribution >= 0.6 is 0 Å². The van der Waals surface area contributed by atoms with E-state index in [9.17, 15) is 18.0 Å². The maximum absolute atomic E-state index is 12.4. The maximum Gasteiger partial charge on any atom is 0.433 e. The SMILES string of the molecule is CN1CCC(Nc2nccc(C(F)(F)F)n2)C1=O. The van der Waals surface area contributed by atoms with E-state index in [1.54, 1.807) is 7.05 Å². The lowest BCUT2D eigenvalue weighted by molar-refractivity contribution is -0.141. The molecule has 0 aromatic carbocycles. The number of hydrogen-bond acceptors (Lipinski definition) is 4. The van der Waals surface area contributed by atoms with Gasteiger partial charge in [0.25, 0.3) is 0 Å². The molecular formula is C10H11F3N4O. The Morgan fingerprint density at radius 3 is 2.78 bits per heavy atom. The van der Waals surface area contributed by atoms with E-state index in [-0.39, 0.29) is 11.9 Å². The number of rotatable bonds is 2. The second kappa shape index (κ2) is 4.43. The average Bonchev–Trinajstić information content (AvgIpc) is 2.60. The van der Waals surface area contributed by atoms with Gasteiger partial charge in [-0.25, -0.2) is 9.97 Å². The lowest BCUT2D eigenvalue weighted by atomic mass is 10.2. The largest absolute Gasteiger partial charge is 0.433 e. The van der Waals surface area contributed by atoms with Crippen LogP contribution in [0.15, 0.2) is 12.3 Å². The summed E-state index contributed by atoms with van der Waals surface area (Å²) >= 11 is 0. The Morgan fingerprint density at radius 1 is 1.50 bits per heavy atom. The van der Waals surface area contributed by atoms with E-state index in [1.165, 1.54) is 4.90 Å². The Bertz CT molecular complexity index is 463. The van der Waals surface area contributed by atoms with Gasteiger partial charge in [-0.2, -0.15) is 13.2 Å². The fraction of sp³-hybridized carbons (Fsp3) is 0.500. The smallest absolute Gasteiger partial charge is 0.344 e. The van der Waals surface area contributed by atoms with Crippen molar-refractivity contribution in [3.63, 3.8) is 0 Å². The first-order valence-corrected chi connectivity index (χ1v) is 5.29. The summed E-state index contributed by atoms with van der Waals surface area (Å²) in [5.41, 5.74) is -1.03. The summed E-state index contributed by atoms with van der Waals surface area (Å²) in [6.07, 6.45) is -2.98. The van der Waals surface area contributed by atoms with Gasteiger partial charge in [0.05, 0.1) is 0 Å². The Morgan fingerprint density at radius 2 is 2.22 bits per heavy atom. The summed E-state index contributed by atoms with van der Waals surface area (Å²) in [7, 11) is 1.64. The van der Waals surface area contributed by atoms with Crippen LogP contribution in [0.4, 0.5) is 19.1 Å². The molecule has 2 heterocycles. The number of carbonyl (C=O) groups is 1. The van der Waals surface area contributed by atoms with Gasteiger partial charge in [-0.15, -0.1) is 0 Å². The van der Waals surface area contributed by atoms with E-state index in [0.29, 0.717) is 13.0 Å². The summed E-state index contributed by atoms with van der Waals surface area (Å²) in [5, 5.41) is 2.62. The molecule has 1 atom stereocenters. The molecule has 0 saturated carbocycles. The molecule has 1 unspecified atom stereocenters. The van der Waals surface area contributed by atoms with Crippen LogP contribution in [0.1, 0.15) is 12.1 Å². The van der Waals surface area contributed by atoms with Gasteiger partial charge in [-0.1, -0.05) is 0 Å². The average molecular weight is 260 g/mol. The van der Waals surface area contributed by atoms with Crippen molar-refractivity contribution in [3.8, 4) is 0 Å². The van der Waals surface area contributed by atoms with Crippen LogP contribution in [0, 0.1) is 0 Å². The minimum absolute atomic E-state index is 0.170. The summed E-state index contributed by atoms with van der Waals surface area (Å²) in [5.74, 6) is -0.352. The number of likely N-dealkylation sites (N-methyl/N-ethyl adjacent to an activating group) is 1. The van der Waals surface area contributed by atoms with E-state index >= 15 is 0 Å². The number of aromatic nitrogens is 2. The standard InChI is InChI=1S/C10H11F3N4O/c1-17-5-3-6(8(17)18)15-9-14-4-2-7(16-9)10(11,12)13/h2,4,6H,3,5H2,1H3,(H,14,15,16). The first-order valence-electron chi connectivity index (χ1n) is 5.29. The molecule has 1 aromatic rings. The summed E-state index contributed by atoms with van der Waals surface area (Å²) in [4.78, 5) is 20.1. The third-order valence-electron chi connectivity index (χ3n) is 2.68. The highest BCUT2D eigenvalue weighted by molar-refractivity contribution is 5.86. The maximum atomic E-state index is 12.4. The topological polar surface area (TPSA) is 58.1 Å². The van der Waals surface area contributed by atoms with E-state index in [0.717, 1.165) is 12.3 Å². The molecule has 1 N–H and O–H groups in total. The highest BCUT2D eigenvalue weighted by atomic mass is 19.4. The molecule has 1 aromatic heterocycles. The molecular weight excluding hydrogens is 249 g/mol. The number of alkyl halides is 3. The molecule has 1 aliphatic heterocycles. The Balaban J connectivity index is 2.13. The number of amides is 1. The molecule has 98 valence electrons. The fourth-order valence-corrected chi connectivity index (χ4v) is 1.70. The molecule has 1 aliphatic rings. The van der Waals surface area contributed by atoms with Crippen LogP contribution in [-0.2, 0) is 11.0 Å². The number of nitrogens with zero attached hydrogens (tertiary/aromatic N) is 3. The number of hydrogen-bond donors (Lipinski definition) is 1. The highest BCUT2D eigenvalue weighted by Gasteiger charge is 2.34. The summed E-state index contributed by atoms with van der Waals surface area (Å²) < 4.78 is 37.3. The van der Waals surface area contributed by atoms with Gasteiger partial charge in [0, 0.05) is 19.8 Å². The molecule has 1 saturated heterocycles. The van der Waals surface area contributed by atoms with Crippen LogP contribution < -0.4 is 5.32 Å². The van der Waals surface area contributed by atoms with Crippen molar-refractivity contribution in [2.75, 3.05) is 18.9 Å². The quantitative estimate of drug-likeness (QED) is 0.866.